The number of hydrogen-bond donors (Lipinski definition) is 2. The molecule has 0 saturated carbocycles. The molecule has 2 fully saturated rings. The molecule has 0 spiro atoms. The van der Waals surface area contributed by atoms with Gasteiger partial charge in [-0.25, -0.2) is 4.79 Å². The van der Waals surface area contributed by atoms with E-state index in [0.29, 0.717) is 5.56 Å². The Kier molecular flexibility index (Phi) is 5.74. The van der Waals surface area contributed by atoms with Crippen molar-refractivity contribution in [2.75, 3.05) is 12.5 Å². The molecule has 2 saturated heterocycles. The fraction of sp³-hybridized carbons (Fsp3) is 0.474. The standard InChI is InChI=1S/C19H22N2O5S3/c1-9(22)19(16(26)21-13(15(24)25)18(2,3)29-17(19)21)20-14(23)12-10(27-4)7-6-8-11(12)28-5/h6-8,13,17H,1-5H3,(H,20,23)(H,24,25)/t13-,17+,19?/m0/s1. The van der Waals surface area contributed by atoms with Gasteiger partial charge in [0.15, 0.2) is 5.78 Å². The smallest absolute Gasteiger partial charge is 0.327 e. The maximum Gasteiger partial charge on any atom is 0.327 e. The number of β-lactam (4-membered cyclic amide) rings is 1. The van der Waals surface area contributed by atoms with E-state index in [2.05, 4.69) is 5.32 Å². The van der Waals surface area contributed by atoms with Crippen molar-refractivity contribution in [1.29, 1.82) is 0 Å². The maximum absolute atomic E-state index is 13.2. The Labute approximate surface area is 181 Å². The molecule has 2 aliphatic rings. The van der Waals surface area contributed by atoms with Crippen LogP contribution in [0.1, 0.15) is 31.1 Å². The van der Waals surface area contributed by atoms with E-state index < -0.39 is 45.3 Å². The number of carbonyl (C=O) groups is 4. The number of thioether (sulfide) groups is 3. The number of carboxylic acids is 1. The number of carbonyl (C=O) groups excluding carboxylic acids is 3. The highest BCUT2D eigenvalue weighted by atomic mass is 32.2. The van der Waals surface area contributed by atoms with Crippen LogP contribution in [0.5, 0.6) is 0 Å². The normalized spacial score (nSPS) is 27.2. The van der Waals surface area contributed by atoms with E-state index in [1.54, 1.807) is 13.8 Å². The van der Waals surface area contributed by atoms with Crippen molar-refractivity contribution in [2.45, 2.75) is 52.3 Å². The molecule has 0 bridgehead atoms. The summed E-state index contributed by atoms with van der Waals surface area (Å²) in [6, 6.07) is 4.40. The molecular formula is C19H22N2O5S3. The van der Waals surface area contributed by atoms with E-state index in [4.69, 9.17) is 0 Å². The molecular weight excluding hydrogens is 432 g/mol. The van der Waals surface area contributed by atoms with Gasteiger partial charge in [0.05, 0.1) is 5.56 Å². The number of hydrogen-bond acceptors (Lipinski definition) is 7. The molecule has 2 heterocycles. The van der Waals surface area contributed by atoms with Gasteiger partial charge >= 0.3 is 5.97 Å². The Bertz CT molecular complexity index is 897. The van der Waals surface area contributed by atoms with Crippen molar-refractivity contribution < 1.29 is 24.3 Å². The molecule has 1 unspecified atom stereocenters. The van der Waals surface area contributed by atoms with Crippen LogP contribution in [-0.2, 0) is 14.4 Å². The van der Waals surface area contributed by atoms with Crippen LogP contribution in [0.15, 0.2) is 28.0 Å². The molecule has 2 N–H and O–H groups in total. The third-order valence-corrected chi connectivity index (χ3v) is 8.50. The predicted molar refractivity (Wildman–Crippen MR) is 115 cm³/mol. The van der Waals surface area contributed by atoms with Crippen LogP contribution in [0, 0.1) is 0 Å². The molecule has 2 aliphatic heterocycles. The quantitative estimate of drug-likeness (QED) is 0.384. The Balaban J connectivity index is 2.02. The molecule has 29 heavy (non-hydrogen) atoms. The topological polar surface area (TPSA) is 104 Å². The third kappa shape index (κ3) is 3.16. The Morgan fingerprint density at radius 2 is 1.72 bits per heavy atom. The molecule has 0 radical (unpaired) electrons. The zero-order chi connectivity index (χ0) is 21.7. The van der Waals surface area contributed by atoms with Crippen molar-refractivity contribution in [3.63, 3.8) is 0 Å². The van der Waals surface area contributed by atoms with Gasteiger partial charge in [0.2, 0.25) is 5.54 Å². The largest absolute Gasteiger partial charge is 0.480 e. The Morgan fingerprint density at radius 3 is 2.17 bits per heavy atom. The second-order valence-electron chi connectivity index (χ2n) is 7.38. The minimum absolute atomic E-state index is 0.413. The first-order valence-corrected chi connectivity index (χ1v) is 12.1. The lowest BCUT2D eigenvalue weighted by Crippen LogP contribution is -2.82. The minimum Gasteiger partial charge on any atom is -0.480 e. The number of carboxylic acid groups (broad SMARTS) is 1. The molecule has 7 nitrogen and oxygen atoms in total. The Morgan fingerprint density at radius 1 is 1.17 bits per heavy atom. The summed E-state index contributed by atoms with van der Waals surface area (Å²) in [5.74, 6) is -2.81. The summed E-state index contributed by atoms with van der Waals surface area (Å²) in [5, 5.41) is 11.5. The number of benzene rings is 1. The van der Waals surface area contributed by atoms with Crippen molar-refractivity contribution in [2.24, 2.45) is 0 Å². The molecule has 3 rings (SSSR count). The van der Waals surface area contributed by atoms with Crippen molar-refractivity contribution >= 4 is 58.9 Å². The summed E-state index contributed by atoms with van der Waals surface area (Å²) < 4.78 is -0.796. The van der Waals surface area contributed by atoms with E-state index in [1.807, 2.05) is 30.7 Å². The molecule has 156 valence electrons. The number of ketones is 1. The zero-order valence-corrected chi connectivity index (χ0v) is 19.1. The van der Waals surface area contributed by atoms with Gasteiger partial charge < -0.3 is 15.3 Å². The number of nitrogens with zero attached hydrogens (tertiary/aromatic N) is 1. The van der Waals surface area contributed by atoms with Crippen LogP contribution < -0.4 is 5.32 Å². The molecule has 1 aromatic rings. The van der Waals surface area contributed by atoms with Crippen molar-refractivity contribution in [1.82, 2.24) is 10.2 Å². The molecule has 0 aromatic heterocycles. The first-order chi connectivity index (χ1) is 13.5. The van der Waals surface area contributed by atoms with Gasteiger partial charge in [0, 0.05) is 14.5 Å². The first-order valence-electron chi connectivity index (χ1n) is 8.80. The molecule has 0 aliphatic carbocycles. The third-order valence-electron chi connectivity index (χ3n) is 5.30. The van der Waals surface area contributed by atoms with Crippen LogP contribution in [0.25, 0.3) is 0 Å². The van der Waals surface area contributed by atoms with E-state index in [-0.39, 0.29) is 0 Å². The molecule has 2 amide bonds. The monoisotopic (exact) mass is 454 g/mol. The summed E-state index contributed by atoms with van der Waals surface area (Å²) in [5.41, 5.74) is -1.35. The average Bonchev–Trinajstić information content (AvgIpc) is 2.93. The Hall–Kier alpha value is -1.65. The minimum atomic E-state index is -1.76. The summed E-state index contributed by atoms with van der Waals surface area (Å²) >= 11 is 4.03. The second kappa shape index (κ2) is 7.55. The van der Waals surface area contributed by atoms with Gasteiger partial charge in [-0.1, -0.05) is 6.07 Å². The first kappa shape index (κ1) is 22.0. The highest BCUT2D eigenvalue weighted by Gasteiger charge is 2.74. The second-order valence-corrected chi connectivity index (χ2v) is 10.8. The van der Waals surface area contributed by atoms with Crippen molar-refractivity contribution in [3.8, 4) is 0 Å². The number of nitrogens with one attached hydrogen (secondary N) is 1. The van der Waals surface area contributed by atoms with Gasteiger partial charge in [0.1, 0.15) is 11.4 Å². The van der Waals surface area contributed by atoms with Gasteiger partial charge in [-0.15, -0.1) is 35.3 Å². The number of rotatable bonds is 6. The summed E-state index contributed by atoms with van der Waals surface area (Å²) in [6.07, 6.45) is 3.69. The maximum atomic E-state index is 13.2. The highest BCUT2D eigenvalue weighted by molar-refractivity contribution is 8.01. The predicted octanol–water partition coefficient (Wildman–Crippen LogP) is 2.33. The number of Topliss-reactive ketones (excluding diaryl/α,β-unsaturated/α-hetero) is 1. The van der Waals surface area contributed by atoms with Crippen LogP contribution >= 0.6 is 35.3 Å². The van der Waals surface area contributed by atoms with Gasteiger partial charge in [0.25, 0.3) is 11.8 Å². The van der Waals surface area contributed by atoms with Crippen LogP contribution in [0.3, 0.4) is 0 Å². The average molecular weight is 455 g/mol. The van der Waals surface area contributed by atoms with E-state index >= 15 is 0 Å². The zero-order valence-electron chi connectivity index (χ0n) is 16.6. The number of aliphatic carboxylic acids is 1. The van der Waals surface area contributed by atoms with E-state index in [0.717, 1.165) is 9.79 Å². The molecule has 1 aromatic carbocycles. The fourth-order valence-electron chi connectivity index (χ4n) is 3.90. The lowest BCUT2D eigenvalue weighted by molar-refractivity contribution is -0.170. The highest BCUT2D eigenvalue weighted by Crippen LogP contribution is 2.55. The van der Waals surface area contributed by atoms with Crippen LogP contribution in [-0.4, -0.2) is 67.8 Å². The number of amides is 2. The SMILES string of the molecule is CSc1cccc(SC)c1C(=O)NC1(C(C)=O)C(=O)N2[C@@H](C(=O)O)C(C)(C)S[C@@H]21. The van der Waals surface area contributed by atoms with E-state index in [1.165, 1.54) is 47.1 Å². The number of fused-ring (bicyclic) bond motifs is 1. The summed E-state index contributed by atoms with van der Waals surface area (Å²) in [7, 11) is 0. The van der Waals surface area contributed by atoms with Crippen LogP contribution in [0.2, 0.25) is 0 Å². The lowest BCUT2D eigenvalue weighted by atomic mass is 9.81. The van der Waals surface area contributed by atoms with Crippen LogP contribution in [0.4, 0.5) is 0 Å². The van der Waals surface area contributed by atoms with Gasteiger partial charge in [-0.05, 0) is 45.4 Å². The van der Waals surface area contributed by atoms with E-state index in [9.17, 15) is 24.3 Å². The summed E-state index contributed by atoms with van der Waals surface area (Å²) in [6.45, 7) is 4.71. The molecule has 3 atom stereocenters. The lowest BCUT2D eigenvalue weighted by Gasteiger charge is -2.51. The fourth-order valence-corrected chi connectivity index (χ4v) is 6.96. The van der Waals surface area contributed by atoms with Gasteiger partial charge in [-0.3, -0.25) is 14.4 Å². The molecule has 10 heteroatoms. The van der Waals surface area contributed by atoms with Gasteiger partial charge in [-0.2, -0.15) is 0 Å². The van der Waals surface area contributed by atoms with Crippen molar-refractivity contribution in [3.05, 3.63) is 23.8 Å². The summed E-state index contributed by atoms with van der Waals surface area (Å²) in [4.78, 5) is 53.4.